The van der Waals surface area contributed by atoms with E-state index in [0.717, 1.165) is 10.8 Å². The number of hydrogen-bond acceptors (Lipinski definition) is 5. The van der Waals surface area contributed by atoms with Gasteiger partial charge in [-0.25, -0.2) is 10.9 Å². The van der Waals surface area contributed by atoms with Crippen LogP contribution in [0.25, 0.3) is 0 Å². The van der Waals surface area contributed by atoms with Gasteiger partial charge in [-0.3, -0.25) is 0 Å². The molecule has 15 heavy (non-hydrogen) atoms. The first kappa shape index (κ1) is 10.9. The molecule has 0 aliphatic heterocycles. The lowest BCUT2D eigenvalue weighted by atomic mass is 10.1. The number of aryl methyl sites for hydroxylation is 1. The van der Waals surface area contributed by atoms with Crippen LogP contribution >= 0.6 is 11.3 Å². The molecule has 1 fully saturated rings. The van der Waals surface area contributed by atoms with Crippen LogP contribution in [0.3, 0.4) is 0 Å². The lowest BCUT2D eigenvalue weighted by Gasteiger charge is -2.11. The zero-order valence-corrected chi connectivity index (χ0v) is 10.2. The summed E-state index contributed by atoms with van der Waals surface area (Å²) >= 11 is 1.76. The van der Waals surface area contributed by atoms with Crippen LogP contribution in [-0.2, 0) is 10.3 Å². The quantitative estimate of drug-likeness (QED) is 0.791. The molecule has 1 aromatic heterocycles. The normalized spacial score (nSPS) is 17.9. The zero-order chi connectivity index (χ0) is 11.1. The zero-order valence-electron chi connectivity index (χ0n) is 9.41. The molecule has 84 valence electrons. The molecule has 0 bridgehead atoms. The van der Waals surface area contributed by atoms with Crippen molar-refractivity contribution >= 4 is 16.5 Å². The van der Waals surface area contributed by atoms with Gasteiger partial charge in [-0.2, -0.15) is 0 Å². The van der Waals surface area contributed by atoms with Gasteiger partial charge in [-0.15, -0.1) is 11.3 Å². The Morgan fingerprint density at radius 3 is 2.60 bits per heavy atom. The monoisotopic (exact) mass is 227 g/mol. The molecule has 4 nitrogen and oxygen atoms in total. The van der Waals surface area contributed by atoms with Gasteiger partial charge in [0.2, 0.25) is 0 Å². The first-order valence-corrected chi connectivity index (χ1v) is 5.88. The molecule has 5 heteroatoms. The number of aromatic nitrogens is 1. The second-order valence-corrected chi connectivity index (χ2v) is 5.37. The van der Waals surface area contributed by atoms with Crippen molar-refractivity contribution in [1.29, 1.82) is 0 Å². The van der Waals surface area contributed by atoms with Gasteiger partial charge in [-0.1, -0.05) is 0 Å². The van der Waals surface area contributed by atoms with E-state index in [1.165, 1.54) is 17.7 Å². The fourth-order valence-corrected chi connectivity index (χ4v) is 3.03. The number of rotatable bonds is 4. The molecule has 0 amide bonds. The minimum absolute atomic E-state index is 0.171. The van der Waals surface area contributed by atoms with Gasteiger partial charge in [0.1, 0.15) is 0 Å². The molecule has 1 aliphatic rings. The molecule has 0 atom stereocenters. The summed E-state index contributed by atoms with van der Waals surface area (Å²) in [6, 6.07) is 0. The highest BCUT2D eigenvalue weighted by Gasteiger charge is 2.47. The van der Waals surface area contributed by atoms with Crippen molar-refractivity contribution in [1.82, 2.24) is 4.98 Å². The van der Waals surface area contributed by atoms with E-state index in [0.29, 0.717) is 6.61 Å². The third-order valence-corrected chi connectivity index (χ3v) is 4.43. The van der Waals surface area contributed by atoms with Gasteiger partial charge in [0.15, 0.2) is 5.13 Å². The van der Waals surface area contributed by atoms with Crippen molar-refractivity contribution in [3.8, 4) is 0 Å². The third kappa shape index (κ3) is 1.87. The van der Waals surface area contributed by atoms with Crippen LogP contribution in [-0.4, -0.2) is 25.7 Å². The molecule has 0 spiro atoms. The molecule has 1 aliphatic carbocycles. The molecule has 2 rings (SSSR count). The van der Waals surface area contributed by atoms with Crippen LogP contribution in [0.1, 0.15) is 23.4 Å². The SMILES string of the molecule is Cc1nc(N(C)C)sc1C1(CON)CC1. The Morgan fingerprint density at radius 2 is 2.20 bits per heavy atom. The number of hydrogen-bond donors (Lipinski definition) is 1. The van der Waals surface area contributed by atoms with E-state index >= 15 is 0 Å². The molecule has 0 aromatic carbocycles. The van der Waals surface area contributed by atoms with E-state index in [1.807, 2.05) is 19.0 Å². The molecular weight excluding hydrogens is 210 g/mol. The number of nitrogens with two attached hydrogens (primary N) is 1. The van der Waals surface area contributed by atoms with Crippen LogP contribution in [0, 0.1) is 6.92 Å². The van der Waals surface area contributed by atoms with Gasteiger partial charge in [0, 0.05) is 24.4 Å². The van der Waals surface area contributed by atoms with Crippen molar-refractivity contribution in [3.63, 3.8) is 0 Å². The predicted octanol–water partition coefficient (Wildman–Crippen LogP) is 1.44. The Kier molecular flexibility index (Phi) is 2.70. The molecule has 1 heterocycles. The highest BCUT2D eigenvalue weighted by Crippen LogP contribution is 2.52. The van der Waals surface area contributed by atoms with Crippen molar-refractivity contribution in [2.45, 2.75) is 25.2 Å². The topological polar surface area (TPSA) is 51.4 Å². The van der Waals surface area contributed by atoms with Crippen LogP contribution in [0.15, 0.2) is 0 Å². The summed E-state index contributed by atoms with van der Waals surface area (Å²) in [7, 11) is 4.03. The second-order valence-electron chi connectivity index (χ2n) is 4.40. The third-order valence-electron chi connectivity index (χ3n) is 2.86. The Labute approximate surface area is 94.0 Å². The van der Waals surface area contributed by atoms with Crippen molar-refractivity contribution in [3.05, 3.63) is 10.6 Å². The van der Waals surface area contributed by atoms with E-state index < -0.39 is 0 Å². The van der Waals surface area contributed by atoms with Crippen LogP contribution in [0.4, 0.5) is 5.13 Å². The molecule has 1 saturated carbocycles. The maximum atomic E-state index is 5.18. The van der Waals surface area contributed by atoms with Crippen LogP contribution in [0.2, 0.25) is 0 Å². The van der Waals surface area contributed by atoms with Crippen molar-refractivity contribution in [2.75, 3.05) is 25.6 Å². The van der Waals surface area contributed by atoms with E-state index in [1.54, 1.807) is 11.3 Å². The van der Waals surface area contributed by atoms with Crippen molar-refractivity contribution in [2.24, 2.45) is 5.90 Å². The predicted molar refractivity (Wildman–Crippen MR) is 62.2 cm³/mol. The summed E-state index contributed by atoms with van der Waals surface area (Å²) in [5.41, 5.74) is 1.29. The standard InChI is InChI=1S/C10H17N3OS/c1-7-8(10(4-5-10)6-14-11)15-9(12-7)13(2)3/h4-6,11H2,1-3H3. The first-order valence-electron chi connectivity index (χ1n) is 5.06. The summed E-state index contributed by atoms with van der Waals surface area (Å²) in [6.07, 6.45) is 2.33. The van der Waals surface area contributed by atoms with Crippen molar-refractivity contribution < 1.29 is 4.84 Å². The molecule has 0 radical (unpaired) electrons. The fraction of sp³-hybridized carbons (Fsp3) is 0.700. The van der Waals surface area contributed by atoms with Crippen LogP contribution < -0.4 is 10.8 Å². The smallest absolute Gasteiger partial charge is 0.185 e. The van der Waals surface area contributed by atoms with Crippen LogP contribution in [0.5, 0.6) is 0 Å². The van der Waals surface area contributed by atoms with Gasteiger partial charge in [0.25, 0.3) is 0 Å². The van der Waals surface area contributed by atoms with E-state index in [4.69, 9.17) is 10.7 Å². The summed E-state index contributed by atoms with van der Waals surface area (Å²) in [6.45, 7) is 2.68. The average Bonchev–Trinajstić information content (AvgIpc) is 2.82. The van der Waals surface area contributed by atoms with Gasteiger partial charge in [0.05, 0.1) is 12.3 Å². The first-order chi connectivity index (χ1) is 7.09. The second kappa shape index (κ2) is 3.73. The lowest BCUT2D eigenvalue weighted by Crippen LogP contribution is -2.17. The molecular formula is C10H17N3OS. The largest absolute Gasteiger partial charge is 0.354 e. The van der Waals surface area contributed by atoms with Gasteiger partial charge in [-0.05, 0) is 19.8 Å². The minimum atomic E-state index is 0.171. The van der Waals surface area contributed by atoms with Gasteiger partial charge < -0.3 is 9.74 Å². The number of nitrogens with zero attached hydrogens (tertiary/aromatic N) is 2. The summed E-state index contributed by atoms with van der Waals surface area (Å²) in [5, 5.41) is 1.06. The van der Waals surface area contributed by atoms with E-state index in [-0.39, 0.29) is 5.41 Å². The molecule has 1 aromatic rings. The molecule has 0 saturated heterocycles. The maximum absolute atomic E-state index is 5.18. The summed E-state index contributed by atoms with van der Waals surface area (Å²) in [4.78, 5) is 12.7. The fourth-order valence-electron chi connectivity index (χ4n) is 1.81. The number of thiazole rings is 1. The number of anilines is 1. The van der Waals surface area contributed by atoms with Gasteiger partial charge >= 0.3 is 0 Å². The average molecular weight is 227 g/mol. The summed E-state index contributed by atoms with van der Waals surface area (Å²) < 4.78 is 0. The Balaban J connectivity index is 2.28. The highest BCUT2D eigenvalue weighted by molar-refractivity contribution is 7.16. The summed E-state index contributed by atoms with van der Waals surface area (Å²) in [5.74, 6) is 5.18. The molecule has 0 unspecified atom stereocenters. The minimum Gasteiger partial charge on any atom is -0.354 e. The molecule has 2 N–H and O–H groups in total. The lowest BCUT2D eigenvalue weighted by molar-refractivity contribution is 0.117. The highest BCUT2D eigenvalue weighted by atomic mass is 32.1. The maximum Gasteiger partial charge on any atom is 0.185 e. The Morgan fingerprint density at radius 1 is 1.53 bits per heavy atom. The van der Waals surface area contributed by atoms with E-state index in [2.05, 4.69) is 11.9 Å². The van der Waals surface area contributed by atoms with E-state index in [9.17, 15) is 0 Å². The Hall–Kier alpha value is -0.650. The Bertz CT molecular complexity index is 358.